The highest BCUT2D eigenvalue weighted by atomic mass is 15.0. The zero-order chi connectivity index (χ0) is 20.8. The van der Waals surface area contributed by atoms with Crippen LogP contribution < -0.4 is 5.73 Å². The number of aromatic nitrogens is 1. The Kier molecular flexibility index (Phi) is 4.51. The smallest absolute Gasteiger partial charge is 0.0688 e. The first-order valence-corrected chi connectivity index (χ1v) is 10.8. The number of hydrogen-bond donors (Lipinski definition) is 1. The normalized spacial score (nSPS) is 12.7. The van der Waals surface area contributed by atoms with Gasteiger partial charge in [-0.15, -0.1) is 0 Å². The van der Waals surface area contributed by atoms with E-state index in [1.807, 2.05) is 12.1 Å². The van der Waals surface area contributed by atoms with Crippen LogP contribution in [0, 0.1) is 6.92 Å². The van der Waals surface area contributed by atoms with Gasteiger partial charge in [0.15, 0.2) is 0 Å². The first-order chi connectivity index (χ1) is 14.6. The molecule has 5 rings (SSSR count). The molecule has 30 heavy (non-hydrogen) atoms. The molecule has 0 saturated heterocycles. The fourth-order valence-electron chi connectivity index (χ4n) is 5.04. The molecular formula is C28H28N2. The summed E-state index contributed by atoms with van der Waals surface area (Å²) < 4.78 is 2.41. The van der Waals surface area contributed by atoms with E-state index in [1.54, 1.807) is 0 Å². The highest BCUT2D eigenvalue weighted by Gasteiger charge is 2.29. The number of anilines is 1. The number of nitrogens with two attached hydrogens (primary N) is 1. The number of aryl methyl sites for hydroxylation is 1. The van der Waals surface area contributed by atoms with E-state index in [4.69, 9.17) is 5.73 Å². The van der Waals surface area contributed by atoms with Gasteiger partial charge in [-0.3, -0.25) is 0 Å². The molecule has 3 aromatic carbocycles. The second kappa shape index (κ2) is 7.21. The standard InChI is InChI=1S/C28H28N2/c1-18(2)21-11-6-7-13-24(21)28-27-22(17-16-20-10-4-5-12-23(20)27)19(3)30(28)26-15-9-8-14-25(26)29/h4-15,18H,16-17,29H2,1-3H3. The highest BCUT2D eigenvalue weighted by molar-refractivity contribution is 5.91. The van der Waals surface area contributed by atoms with Crippen molar-refractivity contribution in [3.63, 3.8) is 0 Å². The Hall–Kier alpha value is -3.26. The van der Waals surface area contributed by atoms with Crippen LogP contribution in [0.4, 0.5) is 5.69 Å². The second-order valence-electron chi connectivity index (χ2n) is 8.58. The lowest BCUT2D eigenvalue weighted by Crippen LogP contribution is -2.05. The number of fused-ring (bicyclic) bond motifs is 3. The van der Waals surface area contributed by atoms with Gasteiger partial charge in [-0.2, -0.15) is 0 Å². The Balaban J connectivity index is 1.94. The van der Waals surface area contributed by atoms with Crippen molar-refractivity contribution >= 4 is 5.69 Å². The summed E-state index contributed by atoms with van der Waals surface area (Å²) in [5.74, 6) is 0.437. The van der Waals surface area contributed by atoms with E-state index in [0.29, 0.717) is 5.92 Å². The number of nitrogens with zero attached hydrogens (tertiary/aromatic N) is 1. The third-order valence-electron chi connectivity index (χ3n) is 6.48. The lowest BCUT2D eigenvalue weighted by atomic mass is 9.83. The molecule has 0 bridgehead atoms. The highest BCUT2D eigenvalue weighted by Crippen LogP contribution is 2.47. The molecule has 1 aliphatic rings. The zero-order valence-corrected chi connectivity index (χ0v) is 17.9. The molecule has 150 valence electrons. The van der Waals surface area contributed by atoms with Crippen LogP contribution in [0.2, 0.25) is 0 Å². The third kappa shape index (κ3) is 2.79. The van der Waals surface area contributed by atoms with Gasteiger partial charge in [0.1, 0.15) is 0 Å². The first-order valence-electron chi connectivity index (χ1n) is 10.8. The van der Waals surface area contributed by atoms with E-state index in [-0.39, 0.29) is 0 Å². The van der Waals surface area contributed by atoms with Crippen LogP contribution in [0.15, 0.2) is 72.8 Å². The lowest BCUT2D eigenvalue weighted by molar-refractivity contribution is 0.866. The van der Waals surface area contributed by atoms with Gasteiger partial charge in [-0.1, -0.05) is 74.5 Å². The van der Waals surface area contributed by atoms with Crippen molar-refractivity contribution in [2.24, 2.45) is 0 Å². The van der Waals surface area contributed by atoms with Crippen LogP contribution in [0.1, 0.15) is 42.1 Å². The molecule has 0 amide bonds. The van der Waals surface area contributed by atoms with Gasteiger partial charge in [0.25, 0.3) is 0 Å². The summed E-state index contributed by atoms with van der Waals surface area (Å²) in [7, 11) is 0. The van der Waals surface area contributed by atoms with Crippen molar-refractivity contribution in [3.8, 4) is 28.1 Å². The number of benzene rings is 3. The van der Waals surface area contributed by atoms with E-state index in [0.717, 1.165) is 24.2 Å². The molecule has 4 aromatic rings. The molecule has 0 atom stereocenters. The molecule has 0 aliphatic heterocycles. The SMILES string of the molecule is Cc1c2c(c(-c3ccccc3C(C)C)n1-c1ccccc1N)-c1ccccc1CC2. The zero-order valence-electron chi connectivity index (χ0n) is 17.9. The second-order valence-corrected chi connectivity index (χ2v) is 8.58. The van der Waals surface area contributed by atoms with E-state index >= 15 is 0 Å². The van der Waals surface area contributed by atoms with E-state index in [9.17, 15) is 0 Å². The van der Waals surface area contributed by atoms with E-state index < -0.39 is 0 Å². The van der Waals surface area contributed by atoms with Gasteiger partial charge in [-0.05, 0) is 60.1 Å². The van der Waals surface area contributed by atoms with Crippen molar-refractivity contribution in [1.29, 1.82) is 0 Å². The fraction of sp³-hybridized carbons (Fsp3) is 0.214. The van der Waals surface area contributed by atoms with Crippen molar-refractivity contribution in [3.05, 3.63) is 95.2 Å². The number of para-hydroxylation sites is 2. The van der Waals surface area contributed by atoms with Gasteiger partial charge >= 0.3 is 0 Å². The molecule has 0 fully saturated rings. The van der Waals surface area contributed by atoms with Crippen molar-refractivity contribution in [2.75, 3.05) is 5.73 Å². The monoisotopic (exact) mass is 392 g/mol. The summed E-state index contributed by atoms with van der Waals surface area (Å²) >= 11 is 0. The molecule has 0 unspecified atom stereocenters. The largest absolute Gasteiger partial charge is 0.397 e. The van der Waals surface area contributed by atoms with Gasteiger partial charge in [0, 0.05) is 16.8 Å². The summed E-state index contributed by atoms with van der Waals surface area (Å²) in [4.78, 5) is 0. The maximum atomic E-state index is 6.50. The summed E-state index contributed by atoms with van der Waals surface area (Å²) in [6.45, 7) is 6.80. The van der Waals surface area contributed by atoms with Gasteiger partial charge in [0.2, 0.25) is 0 Å². The summed E-state index contributed by atoms with van der Waals surface area (Å²) in [5.41, 5.74) is 19.3. The van der Waals surface area contributed by atoms with Crippen LogP contribution in [0.3, 0.4) is 0 Å². The Labute approximate surface area is 179 Å². The molecule has 0 spiro atoms. The quantitative estimate of drug-likeness (QED) is 0.377. The minimum Gasteiger partial charge on any atom is -0.397 e. The lowest BCUT2D eigenvalue weighted by Gasteiger charge is -2.21. The molecule has 0 saturated carbocycles. The maximum absolute atomic E-state index is 6.50. The fourth-order valence-corrected chi connectivity index (χ4v) is 5.04. The Morgan fingerprint density at radius 1 is 0.800 bits per heavy atom. The predicted molar refractivity (Wildman–Crippen MR) is 127 cm³/mol. The van der Waals surface area contributed by atoms with Crippen LogP contribution in [-0.4, -0.2) is 4.57 Å². The van der Waals surface area contributed by atoms with Gasteiger partial charge in [0.05, 0.1) is 17.1 Å². The van der Waals surface area contributed by atoms with Crippen LogP contribution >= 0.6 is 0 Å². The average Bonchev–Trinajstić information content (AvgIpc) is 3.06. The molecule has 0 radical (unpaired) electrons. The minimum atomic E-state index is 0.437. The Morgan fingerprint density at radius 3 is 2.23 bits per heavy atom. The van der Waals surface area contributed by atoms with Gasteiger partial charge < -0.3 is 10.3 Å². The van der Waals surface area contributed by atoms with E-state index in [1.165, 1.54) is 44.8 Å². The topological polar surface area (TPSA) is 30.9 Å². The third-order valence-corrected chi connectivity index (χ3v) is 6.48. The maximum Gasteiger partial charge on any atom is 0.0688 e. The Morgan fingerprint density at radius 2 is 1.47 bits per heavy atom. The number of hydrogen-bond acceptors (Lipinski definition) is 1. The molecule has 1 aliphatic carbocycles. The van der Waals surface area contributed by atoms with Gasteiger partial charge in [-0.25, -0.2) is 0 Å². The molecule has 1 heterocycles. The summed E-state index contributed by atoms with van der Waals surface area (Å²) in [6.07, 6.45) is 2.15. The molecule has 2 heteroatoms. The van der Waals surface area contributed by atoms with Crippen LogP contribution in [0.25, 0.3) is 28.1 Å². The molecule has 2 nitrogen and oxygen atoms in total. The van der Waals surface area contributed by atoms with Crippen molar-refractivity contribution < 1.29 is 0 Å². The molecule has 2 N–H and O–H groups in total. The van der Waals surface area contributed by atoms with Crippen LogP contribution in [-0.2, 0) is 12.8 Å². The van der Waals surface area contributed by atoms with Crippen molar-refractivity contribution in [2.45, 2.75) is 39.5 Å². The van der Waals surface area contributed by atoms with Crippen LogP contribution in [0.5, 0.6) is 0 Å². The summed E-state index contributed by atoms with van der Waals surface area (Å²) in [5, 5.41) is 0. The molecule has 1 aromatic heterocycles. The number of nitrogen functional groups attached to an aromatic ring is 1. The average molecular weight is 393 g/mol. The first kappa shape index (κ1) is 18.7. The predicted octanol–water partition coefficient (Wildman–Crippen LogP) is 6.92. The number of rotatable bonds is 3. The Bertz CT molecular complexity index is 1240. The molecular weight excluding hydrogens is 364 g/mol. The van der Waals surface area contributed by atoms with E-state index in [2.05, 4.69) is 86.0 Å². The minimum absolute atomic E-state index is 0.437. The summed E-state index contributed by atoms with van der Waals surface area (Å²) in [6, 6.07) is 26.0. The van der Waals surface area contributed by atoms with Crippen molar-refractivity contribution in [1.82, 2.24) is 4.57 Å².